The molecule has 4 heteroatoms. The highest BCUT2D eigenvalue weighted by atomic mass is 16.3. The summed E-state index contributed by atoms with van der Waals surface area (Å²) in [6, 6.07) is 14.2. The fraction of sp³-hybridized carbons (Fsp3) is 0.421. The van der Waals surface area contributed by atoms with Gasteiger partial charge in [0.2, 0.25) is 0 Å². The van der Waals surface area contributed by atoms with E-state index in [1.807, 2.05) is 30.3 Å². The van der Waals surface area contributed by atoms with Crippen LogP contribution in [-0.4, -0.2) is 24.5 Å². The smallest absolute Gasteiger partial charge is 0.122 e. The Balaban J connectivity index is 1.58. The van der Waals surface area contributed by atoms with E-state index in [-0.39, 0.29) is 0 Å². The lowest BCUT2D eigenvalue weighted by Crippen LogP contribution is -2.38. The maximum absolute atomic E-state index is 8.85. The lowest BCUT2D eigenvalue weighted by Gasteiger charge is -2.33. The number of benzene rings is 1. The van der Waals surface area contributed by atoms with Crippen LogP contribution < -0.4 is 5.32 Å². The van der Waals surface area contributed by atoms with E-state index in [2.05, 4.69) is 22.4 Å². The van der Waals surface area contributed by atoms with Crippen molar-refractivity contribution in [3.8, 4) is 6.07 Å². The van der Waals surface area contributed by atoms with Crippen molar-refractivity contribution < 1.29 is 4.42 Å². The molecule has 0 bridgehead atoms. The van der Waals surface area contributed by atoms with Crippen LogP contribution >= 0.6 is 0 Å². The maximum Gasteiger partial charge on any atom is 0.122 e. The summed E-state index contributed by atoms with van der Waals surface area (Å²) in [6.07, 6.45) is 5.63. The van der Waals surface area contributed by atoms with Gasteiger partial charge in [-0.25, -0.2) is 0 Å². The highest BCUT2D eigenvalue weighted by Gasteiger charge is 2.23. The van der Waals surface area contributed by atoms with Crippen molar-refractivity contribution in [3.63, 3.8) is 0 Å². The first-order chi connectivity index (χ1) is 11.4. The fourth-order valence-corrected chi connectivity index (χ4v) is 3.17. The molecule has 1 N–H and O–H groups in total. The standard InChI is InChI=1S/C19H23N3O/c20-13-16-6-8-17(9-7-16)14-21-15-18(19-5-4-12-23-19)22-10-2-1-3-11-22/h4-9,12,18,21H,1-3,10-11,14-15H2. The zero-order chi connectivity index (χ0) is 15.9. The molecule has 0 saturated carbocycles. The van der Waals surface area contributed by atoms with Gasteiger partial charge in [-0.1, -0.05) is 18.6 Å². The average Bonchev–Trinajstić information content (AvgIpc) is 3.14. The van der Waals surface area contributed by atoms with Gasteiger partial charge in [0, 0.05) is 13.1 Å². The van der Waals surface area contributed by atoms with Gasteiger partial charge in [-0.05, 0) is 55.8 Å². The van der Waals surface area contributed by atoms with E-state index in [0.29, 0.717) is 11.6 Å². The van der Waals surface area contributed by atoms with E-state index >= 15 is 0 Å². The van der Waals surface area contributed by atoms with E-state index in [1.165, 1.54) is 24.8 Å². The third-order valence-electron chi connectivity index (χ3n) is 4.45. The highest BCUT2D eigenvalue weighted by Crippen LogP contribution is 2.24. The second-order valence-electron chi connectivity index (χ2n) is 6.07. The molecule has 1 aliphatic rings. The molecule has 1 aromatic carbocycles. The molecule has 1 unspecified atom stereocenters. The van der Waals surface area contributed by atoms with Gasteiger partial charge in [-0.15, -0.1) is 0 Å². The topological polar surface area (TPSA) is 52.2 Å². The minimum Gasteiger partial charge on any atom is -0.468 e. The molecule has 4 nitrogen and oxygen atoms in total. The number of hydrogen-bond donors (Lipinski definition) is 1. The Kier molecular flexibility index (Phi) is 5.46. The van der Waals surface area contributed by atoms with Crippen LogP contribution in [0.3, 0.4) is 0 Å². The minimum absolute atomic E-state index is 0.295. The van der Waals surface area contributed by atoms with E-state index in [9.17, 15) is 0 Å². The zero-order valence-electron chi connectivity index (χ0n) is 13.4. The quantitative estimate of drug-likeness (QED) is 0.888. The van der Waals surface area contributed by atoms with Gasteiger partial charge in [-0.2, -0.15) is 5.26 Å². The number of nitriles is 1. The van der Waals surface area contributed by atoms with E-state index < -0.39 is 0 Å². The van der Waals surface area contributed by atoms with E-state index in [1.54, 1.807) is 6.26 Å². The van der Waals surface area contributed by atoms with Crippen LogP contribution in [0, 0.1) is 11.3 Å². The second kappa shape index (κ2) is 7.96. The fourth-order valence-electron chi connectivity index (χ4n) is 3.17. The molecule has 0 spiro atoms. The molecule has 120 valence electrons. The van der Waals surface area contributed by atoms with Gasteiger partial charge in [-0.3, -0.25) is 4.90 Å². The van der Waals surface area contributed by atoms with Crippen molar-refractivity contribution in [3.05, 3.63) is 59.5 Å². The summed E-state index contributed by atoms with van der Waals surface area (Å²) in [4.78, 5) is 2.52. The Morgan fingerprint density at radius 2 is 1.91 bits per heavy atom. The molecule has 1 saturated heterocycles. The number of hydrogen-bond acceptors (Lipinski definition) is 4. The number of nitrogens with zero attached hydrogens (tertiary/aromatic N) is 2. The molecular formula is C19H23N3O. The molecule has 1 fully saturated rings. The highest BCUT2D eigenvalue weighted by molar-refractivity contribution is 5.31. The van der Waals surface area contributed by atoms with Crippen molar-refractivity contribution >= 4 is 0 Å². The van der Waals surface area contributed by atoms with Gasteiger partial charge in [0.1, 0.15) is 5.76 Å². The number of rotatable bonds is 6. The van der Waals surface area contributed by atoms with Crippen LogP contribution in [0.5, 0.6) is 0 Å². The van der Waals surface area contributed by atoms with E-state index in [4.69, 9.17) is 9.68 Å². The predicted molar refractivity (Wildman–Crippen MR) is 89.7 cm³/mol. The van der Waals surface area contributed by atoms with Gasteiger partial charge in [0.15, 0.2) is 0 Å². The molecule has 0 amide bonds. The Labute approximate surface area is 137 Å². The number of nitrogens with one attached hydrogen (secondary N) is 1. The molecule has 3 rings (SSSR count). The molecular weight excluding hydrogens is 286 g/mol. The summed E-state index contributed by atoms with van der Waals surface area (Å²) in [7, 11) is 0. The molecule has 1 aliphatic heterocycles. The number of furan rings is 1. The Hall–Kier alpha value is -2.09. The van der Waals surface area contributed by atoms with Crippen LogP contribution in [0.2, 0.25) is 0 Å². The summed E-state index contributed by atoms with van der Waals surface area (Å²) in [5, 5.41) is 12.4. The van der Waals surface area contributed by atoms with Crippen LogP contribution in [0.15, 0.2) is 47.1 Å². The third kappa shape index (κ3) is 4.22. The number of piperidine rings is 1. The SMILES string of the molecule is N#Cc1ccc(CNCC(c2ccco2)N2CCCCC2)cc1. The van der Waals surface area contributed by atoms with Crippen molar-refractivity contribution in [2.24, 2.45) is 0 Å². The molecule has 1 aromatic heterocycles. The first-order valence-electron chi connectivity index (χ1n) is 8.34. The van der Waals surface area contributed by atoms with Crippen LogP contribution in [0.4, 0.5) is 0 Å². The van der Waals surface area contributed by atoms with Crippen molar-refractivity contribution in [2.75, 3.05) is 19.6 Å². The van der Waals surface area contributed by atoms with Crippen LogP contribution in [0.25, 0.3) is 0 Å². The summed E-state index contributed by atoms with van der Waals surface area (Å²) in [6.45, 7) is 3.96. The normalized spacial score (nSPS) is 16.8. The van der Waals surface area contributed by atoms with Gasteiger partial charge in [0.25, 0.3) is 0 Å². The maximum atomic E-state index is 8.85. The van der Waals surface area contributed by atoms with E-state index in [0.717, 1.165) is 31.9 Å². The second-order valence-corrected chi connectivity index (χ2v) is 6.07. The molecule has 1 atom stereocenters. The van der Waals surface area contributed by atoms with Crippen molar-refractivity contribution in [1.29, 1.82) is 5.26 Å². The van der Waals surface area contributed by atoms with Crippen molar-refractivity contribution in [2.45, 2.75) is 31.8 Å². The van der Waals surface area contributed by atoms with Gasteiger partial charge >= 0.3 is 0 Å². The summed E-state index contributed by atoms with van der Waals surface area (Å²) in [5.41, 5.74) is 1.90. The van der Waals surface area contributed by atoms with Gasteiger partial charge < -0.3 is 9.73 Å². The lowest BCUT2D eigenvalue weighted by atomic mass is 10.1. The first-order valence-corrected chi connectivity index (χ1v) is 8.34. The molecule has 0 aliphatic carbocycles. The van der Waals surface area contributed by atoms with Crippen LogP contribution in [-0.2, 0) is 6.54 Å². The Bertz CT molecular complexity index is 622. The zero-order valence-corrected chi connectivity index (χ0v) is 13.4. The monoisotopic (exact) mass is 309 g/mol. The molecule has 23 heavy (non-hydrogen) atoms. The summed E-state index contributed by atoms with van der Waals surface area (Å²) < 4.78 is 5.66. The number of likely N-dealkylation sites (tertiary alicyclic amines) is 1. The summed E-state index contributed by atoms with van der Waals surface area (Å²) in [5.74, 6) is 1.04. The molecule has 2 aromatic rings. The van der Waals surface area contributed by atoms with Crippen molar-refractivity contribution in [1.82, 2.24) is 10.2 Å². The van der Waals surface area contributed by atoms with Crippen LogP contribution in [0.1, 0.15) is 42.2 Å². The summed E-state index contributed by atoms with van der Waals surface area (Å²) >= 11 is 0. The van der Waals surface area contributed by atoms with Gasteiger partial charge in [0.05, 0.1) is 23.9 Å². The average molecular weight is 309 g/mol. The Morgan fingerprint density at radius 1 is 1.13 bits per heavy atom. The molecule has 0 radical (unpaired) electrons. The first kappa shape index (κ1) is 15.8. The Morgan fingerprint density at radius 3 is 2.57 bits per heavy atom. The largest absolute Gasteiger partial charge is 0.468 e. The lowest BCUT2D eigenvalue weighted by molar-refractivity contribution is 0.142. The molecule has 2 heterocycles. The predicted octanol–water partition coefficient (Wildman–Crippen LogP) is 3.47. The minimum atomic E-state index is 0.295. The third-order valence-corrected chi connectivity index (χ3v) is 4.45.